The lowest BCUT2D eigenvalue weighted by atomic mass is 10.1. The number of ether oxygens (including phenoxy) is 2. The van der Waals surface area contributed by atoms with Crippen LogP contribution in [0.1, 0.15) is 11.4 Å². The Bertz CT molecular complexity index is 1330. The van der Waals surface area contributed by atoms with E-state index in [1.54, 1.807) is 24.4 Å². The van der Waals surface area contributed by atoms with Crippen molar-refractivity contribution in [3.63, 3.8) is 0 Å². The summed E-state index contributed by atoms with van der Waals surface area (Å²) < 4.78 is 39.2. The number of sulfonamides is 1. The fraction of sp³-hybridized carbons (Fsp3) is 0.350. The van der Waals surface area contributed by atoms with Gasteiger partial charge >= 0.3 is 0 Å². The van der Waals surface area contributed by atoms with Crippen LogP contribution in [0, 0.1) is 6.92 Å². The fourth-order valence-electron chi connectivity index (χ4n) is 3.45. The lowest BCUT2D eigenvalue weighted by Gasteiger charge is -2.26. The number of aryl methyl sites for hydroxylation is 1. The van der Waals surface area contributed by atoms with E-state index < -0.39 is 15.9 Å². The van der Waals surface area contributed by atoms with Crippen molar-refractivity contribution in [3.8, 4) is 5.75 Å². The number of carbonyl (C=O) groups excluding carboxylic acids is 1. The van der Waals surface area contributed by atoms with Crippen molar-refractivity contribution in [3.05, 3.63) is 51.4 Å². The summed E-state index contributed by atoms with van der Waals surface area (Å²) in [5, 5.41) is 2.18. The zero-order valence-corrected chi connectivity index (χ0v) is 19.2. The van der Waals surface area contributed by atoms with Gasteiger partial charge in [-0.2, -0.15) is 4.31 Å². The third-order valence-corrected chi connectivity index (χ3v) is 7.81. The summed E-state index contributed by atoms with van der Waals surface area (Å²) in [6.45, 7) is 2.76. The minimum absolute atomic E-state index is 0.0121. The molecular formula is C20H22N4O6S2. The minimum Gasteiger partial charge on any atom is -0.495 e. The van der Waals surface area contributed by atoms with Gasteiger partial charge in [0.25, 0.3) is 5.56 Å². The molecule has 3 aromatic rings. The first-order chi connectivity index (χ1) is 15.3. The van der Waals surface area contributed by atoms with Crippen molar-refractivity contribution in [2.45, 2.75) is 18.2 Å². The number of rotatable bonds is 6. The number of hydrogen-bond acceptors (Lipinski definition) is 8. The largest absolute Gasteiger partial charge is 0.495 e. The number of hydrogen-bond donors (Lipinski definition) is 1. The van der Waals surface area contributed by atoms with Crippen LogP contribution in [0.25, 0.3) is 10.2 Å². The summed E-state index contributed by atoms with van der Waals surface area (Å²) in [5.41, 5.74) is 2.65. The summed E-state index contributed by atoms with van der Waals surface area (Å²) in [6, 6.07) is 6.22. The van der Waals surface area contributed by atoms with Crippen molar-refractivity contribution in [1.29, 1.82) is 0 Å². The Balaban J connectivity index is 1.59. The number of carbonyl (C=O) groups is 1. The van der Waals surface area contributed by atoms with Crippen molar-refractivity contribution in [2.24, 2.45) is 0 Å². The summed E-state index contributed by atoms with van der Waals surface area (Å²) in [7, 11) is -2.43. The van der Waals surface area contributed by atoms with Gasteiger partial charge in [-0.1, -0.05) is 6.07 Å². The Hall–Kier alpha value is -2.80. The highest BCUT2D eigenvalue weighted by molar-refractivity contribution is 7.89. The van der Waals surface area contributed by atoms with E-state index in [0.717, 1.165) is 4.68 Å². The summed E-state index contributed by atoms with van der Waals surface area (Å²) in [5.74, 6) is 0.0647. The molecule has 1 aliphatic heterocycles. The van der Waals surface area contributed by atoms with E-state index >= 15 is 0 Å². The molecule has 1 fully saturated rings. The molecule has 2 aromatic heterocycles. The van der Waals surface area contributed by atoms with E-state index in [-0.39, 0.29) is 35.7 Å². The van der Waals surface area contributed by atoms with Crippen molar-refractivity contribution in [2.75, 3.05) is 38.8 Å². The molecule has 3 heterocycles. The van der Waals surface area contributed by atoms with E-state index in [0.29, 0.717) is 34.8 Å². The summed E-state index contributed by atoms with van der Waals surface area (Å²) >= 11 is 1.35. The molecule has 1 aromatic carbocycles. The van der Waals surface area contributed by atoms with Crippen LogP contribution in [-0.2, 0) is 26.0 Å². The van der Waals surface area contributed by atoms with Gasteiger partial charge in [0.1, 0.15) is 21.3 Å². The first-order valence-electron chi connectivity index (χ1n) is 9.83. The zero-order valence-electron chi connectivity index (χ0n) is 17.5. The van der Waals surface area contributed by atoms with E-state index in [2.05, 4.69) is 10.4 Å². The maximum absolute atomic E-state index is 13.1. The Morgan fingerprint density at radius 3 is 2.75 bits per heavy atom. The molecule has 0 aliphatic carbocycles. The fourth-order valence-corrected chi connectivity index (χ4v) is 5.87. The third-order valence-electron chi connectivity index (χ3n) is 5.08. The molecule has 0 unspecified atom stereocenters. The number of methoxy groups -OCH3 is 1. The Kier molecular flexibility index (Phi) is 6.29. The highest BCUT2D eigenvalue weighted by Gasteiger charge is 2.29. The number of nitrogens with one attached hydrogen (secondary N) is 1. The monoisotopic (exact) mass is 478 g/mol. The second-order valence-electron chi connectivity index (χ2n) is 7.15. The van der Waals surface area contributed by atoms with Gasteiger partial charge in [-0.25, -0.2) is 18.1 Å². The highest BCUT2D eigenvalue weighted by Crippen LogP contribution is 2.28. The molecule has 1 amide bonds. The topological polar surface area (TPSA) is 120 Å². The molecule has 4 rings (SSSR count). The Morgan fingerprint density at radius 1 is 1.28 bits per heavy atom. The van der Waals surface area contributed by atoms with Gasteiger partial charge in [0.2, 0.25) is 15.9 Å². The molecule has 1 aliphatic rings. The molecule has 1 saturated heterocycles. The number of thiophene rings is 1. The van der Waals surface area contributed by atoms with E-state index in [1.165, 1.54) is 34.9 Å². The van der Waals surface area contributed by atoms with Crippen LogP contribution in [-0.4, -0.2) is 61.7 Å². The van der Waals surface area contributed by atoms with Crippen LogP contribution >= 0.6 is 11.3 Å². The van der Waals surface area contributed by atoms with E-state index in [1.807, 2.05) is 0 Å². The van der Waals surface area contributed by atoms with Gasteiger partial charge in [0.05, 0.1) is 32.1 Å². The second kappa shape index (κ2) is 8.98. The van der Waals surface area contributed by atoms with Crippen molar-refractivity contribution in [1.82, 2.24) is 14.0 Å². The minimum atomic E-state index is -3.82. The molecule has 0 radical (unpaired) electrons. The van der Waals surface area contributed by atoms with Crippen molar-refractivity contribution < 1.29 is 22.7 Å². The predicted octanol–water partition coefficient (Wildman–Crippen LogP) is 1.11. The SMILES string of the molecule is COc1ccc(CC(=O)Nn2c(C)nc3sccc3c2=O)cc1S(=O)(=O)N1CCOCC1. The third kappa shape index (κ3) is 4.26. The molecule has 0 saturated carbocycles. The van der Waals surface area contributed by atoms with Crippen LogP contribution in [0.4, 0.5) is 0 Å². The number of nitrogens with zero attached hydrogens (tertiary/aromatic N) is 3. The van der Waals surface area contributed by atoms with Gasteiger partial charge < -0.3 is 9.47 Å². The van der Waals surface area contributed by atoms with Crippen LogP contribution in [0.15, 0.2) is 39.3 Å². The van der Waals surface area contributed by atoms with Crippen LogP contribution in [0.3, 0.4) is 0 Å². The highest BCUT2D eigenvalue weighted by atomic mass is 32.2. The van der Waals surface area contributed by atoms with Gasteiger partial charge in [0.15, 0.2) is 0 Å². The zero-order chi connectivity index (χ0) is 22.9. The van der Waals surface area contributed by atoms with Gasteiger partial charge in [-0.15, -0.1) is 11.3 Å². The number of fused-ring (bicyclic) bond motifs is 1. The lowest BCUT2D eigenvalue weighted by Crippen LogP contribution is -2.40. The molecule has 10 nitrogen and oxygen atoms in total. The standard InChI is InChI=1S/C20H22N4O6S2/c1-13-21-19-15(5-10-31-19)20(26)24(13)22-18(25)12-14-3-4-16(29-2)17(11-14)32(27,28)23-6-8-30-9-7-23/h3-5,10-11H,6-9,12H2,1-2H3,(H,22,25). The lowest BCUT2D eigenvalue weighted by molar-refractivity contribution is -0.116. The van der Waals surface area contributed by atoms with Crippen LogP contribution in [0.5, 0.6) is 5.75 Å². The number of amides is 1. The first kappa shape index (κ1) is 22.4. The molecule has 0 bridgehead atoms. The molecule has 1 N–H and O–H groups in total. The molecule has 12 heteroatoms. The Labute approximate surface area is 188 Å². The predicted molar refractivity (Wildman–Crippen MR) is 119 cm³/mol. The van der Waals surface area contributed by atoms with Crippen LogP contribution in [0.2, 0.25) is 0 Å². The normalized spacial score (nSPS) is 15.1. The maximum Gasteiger partial charge on any atom is 0.281 e. The average molecular weight is 479 g/mol. The average Bonchev–Trinajstić information content (AvgIpc) is 3.25. The molecule has 0 spiro atoms. The van der Waals surface area contributed by atoms with Crippen LogP contribution < -0.4 is 15.7 Å². The second-order valence-corrected chi connectivity index (χ2v) is 9.95. The van der Waals surface area contributed by atoms with Crippen molar-refractivity contribution >= 4 is 37.5 Å². The molecular weight excluding hydrogens is 456 g/mol. The van der Waals surface area contributed by atoms with Gasteiger partial charge in [-0.05, 0) is 36.1 Å². The smallest absolute Gasteiger partial charge is 0.281 e. The maximum atomic E-state index is 13.1. The van der Waals surface area contributed by atoms with Gasteiger partial charge in [0, 0.05) is 13.1 Å². The van der Waals surface area contributed by atoms with E-state index in [4.69, 9.17) is 9.47 Å². The molecule has 0 atom stereocenters. The summed E-state index contributed by atoms with van der Waals surface area (Å²) in [6.07, 6.45) is -0.136. The van der Waals surface area contributed by atoms with Gasteiger partial charge in [-0.3, -0.25) is 15.0 Å². The number of aromatic nitrogens is 2. The first-order valence-corrected chi connectivity index (χ1v) is 12.1. The Morgan fingerprint density at radius 2 is 2.03 bits per heavy atom. The molecule has 32 heavy (non-hydrogen) atoms. The molecule has 170 valence electrons. The quantitative estimate of drug-likeness (QED) is 0.564. The summed E-state index contributed by atoms with van der Waals surface area (Å²) in [4.78, 5) is 30.2. The van der Waals surface area contributed by atoms with E-state index in [9.17, 15) is 18.0 Å². The number of morpholine rings is 1. The number of benzene rings is 1.